The summed E-state index contributed by atoms with van der Waals surface area (Å²) in [6, 6.07) is 7.73. The molecule has 0 aliphatic heterocycles. The molecule has 0 radical (unpaired) electrons. The van der Waals surface area contributed by atoms with E-state index in [0.717, 1.165) is 17.7 Å². The molecule has 0 aromatic heterocycles. The molecule has 0 saturated heterocycles. The van der Waals surface area contributed by atoms with Crippen LogP contribution >= 0.6 is 0 Å². The predicted molar refractivity (Wildman–Crippen MR) is 74.5 cm³/mol. The molecule has 0 saturated carbocycles. The van der Waals surface area contributed by atoms with Crippen LogP contribution in [-0.2, 0) is 4.79 Å². The van der Waals surface area contributed by atoms with Crippen molar-refractivity contribution in [2.75, 3.05) is 7.11 Å². The molecule has 3 nitrogen and oxygen atoms in total. The summed E-state index contributed by atoms with van der Waals surface area (Å²) in [6.07, 6.45) is 1.42. The third kappa shape index (κ3) is 2.65. The van der Waals surface area contributed by atoms with E-state index in [9.17, 15) is 9.90 Å². The monoisotopic (exact) mass is 260 g/mol. The van der Waals surface area contributed by atoms with Crippen LogP contribution in [-0.4, -0.2) is 18.2 Å². The van der Waals surface area contributed by atoms with Gasteiger partial charge in [-0.25, -0.2) is 0 Å². The van der Waals surface area contributed by atoms with Crippen LogP contribution in [0.25, 0.3) is 0 Å². The van der Waals surface area contributed by atoms with Crippen molar-refractivity contribution in [3.8, 4) is 5.75 Å². The quantitative estimate of drug-likeness (QED) is 0.844. The summed E-state index contributed by atoms with van der Waals surface area (Å²) < 4.78 is 5.38. The molecule has 0 fully saturated rings. The number of benzene rings is 1. The Bertz CT molecular complexity index is 516. The molecular weight excluding hydrogens is 240 g/mol. The number of carboxylic acids is 1. The van der Waals surface area contributed by atoms with E-state index in [0.29, 0.717) is 6.42 Å². The molecule has 2 atom stereocenters. The van der Waals surface area contributed by atoms with Gasteiger partial charge in [0.1, 0.15) is 5.75 Å². The fourth-order valence-corrected chi connectivity index (χ4v) is 2.85. The predicted octanol–water partition coefficient (Wildman–Crippen LogP) is 3.61. The molecule has 19 heavy (non-hydrogen) atoms. The second-order valence-electron chi connectivity index (χ2n) is 5.26. The van der Waals surface area contributed by atoms with Crippen LogP contribution in [0.2, 0.25) is 0 Å². The van der Waals surface area contributed by atoms with Crippen molar-refractivity contribution in [2.24, 2.45) is 5.92 Å². The lowest BCUT2D eigenvalue weighted by Gasteiger charge is -2.31. The van der Waals surface area contributed by atoms with E-state index in [1.54, 1.807) is 7.11 Å². The topological polar surface area (TPSA) is 46.5 Å². The highest BCUT2D eigenvalue weighted by molar-refractivity contribution is 5.72. The summed E-state index contributed by atoms with van der Waals surface area (Å²) in [5, 5.41) is 9.47. The normalized spacial score (nSPS) is 23.3. The van der Waals surface area contributed by atoms with Crippen molar-refractivity contribution in [3.63, 3.8) is 0 Å². The number of rotatable bonds is 3. The van der Waals surface area contributed by atoms with Crippen molar-refractivity contribution in [1.82, 2.24) is 0 Å². The van der Waals surface area contributed by atoms with E-state index in [-0.39, 0.29) is 11.8 Å². The first kappa shape index (κ1) is 13.7. The van der Waals surface area contributed by atoms with Gasteiger partial charge in [-0.05, 0) is 38.3 Å². The summed E-state index contributed by atoms with van der Waals surface area (Å²) in [5.41, 5.74) is 3.51. The van der Waals surface area contributed by atoms with E-state index >= 15 is 0 Å². The third-order valence-electron chi connectivity index (χ3n) is 4.12. The maximum Gasteiger partial charge on any atom is 0.307 e. The summed E-state index contributed by atoms with van der Waals surface area (Å²) in [5.74, 6) is -0.300. The lowest BCUT2D eigenvalue weighted by Crippen LogP contribution is -2.26. The number of hydrogen-bond donors (Lipinski definition) is 1. The Kier molecular flexibility index (Phi) is 3.93. The van der Waals surface area contributed by atoms with Gasteiger partial charge in [-0.1, -0.05) is 29.3 Å². The van der Waals surface area contributed by atoms with E-state index in [4.69, 9.17) is 4.74 Å². The van der Waals surface area contributed by atoms with Crippen LogP contribution in [0.5, 0.6) is 5.75 Å². The zero-order valence-corrected chi connectivity index (χ0v) is 11.6. The highest BCUT2D eigenvalue weighted by atomic mass is 16.5. The molecule has 1 aliphatic carbocycles. The average Bonchev–Trinajstić information content (AvgIpc) is 2.41. The van der Waals surface area contributed by atoms with Gasteiger partial charge < -0.3 is 9.84 Å². The minimum Gasteiger partial charge on any atom is -0.496 e. The van der Waals surface area contributed by atoms with Crippen molar-refractivity contribution in [1.29, 1.82) is 0 Å². The standard InChI is InChI=1S/C16H20O3/c1-10-8-13(14(16(17)18)9-11(10)2)12-6-4-5-7-15(12)19-3/h4-7,13-14H,8-9H2,1-3H3,(H,17,18). The first-order chi connectivity index (χ1) is 9.04. The molecule has 1 aliphatic rings. The van der Waals surface area contributed by atoms with Gasteiger partial charge in [0.25, 0.3) is 0 Å². The molecule has 0 heterocycles. The van der Waals surface area contributed by atoms with Crippen LogP contribution < -0.4 is 4.74 Å². The maximum absolute atomic E-state index is 11.5. The summed E-state index contributed by atoms with van der Waals surface area (Å²) >= 11 is 0. The lowest BCUT2D eigenvalue weighted by molar-refractivity contribution is -0.142. The Morgan fingerprint density at radius 1 is 1.21 bits per heavy atom. The van der Waals surface area contributed by atoms with Crippen molar-refractivity contribution < 1.29 is 14.6 Å². The fraction of sp³-hybridized carbons (Fsp3) is 0.438. The summed E-state index contributed by atoms with van der Waals surface area (Å²) in [7, 11) is 1.63. The zero-order chi connectivity index (χ0) is 14.0. The molecule has 0 spiro atoms. The molecule has 2 unspecified atom stereocenters. The summed E-state index contributed by atoms with van der Waals surface area (Å²) in [4.78, 5) is 11.5. The van der Waals surface area contributed by atoms with E-state index in [2.05, 4.69) is 6.92 Å². The molecule has 2 rings (SSSR count). The molecular formula is C16H20O3. The van der Waals surface area contributed by atoms with Crippen LogP contribution in [0, 0.1) is 5.92 Å². The van der Waals surface area contributed by atoms with E-state index in [1.807, 2.05) is 31.2 Å². The molecule has 102 valence electrons. The molecule has 3 heteroatoms. The van der Waals surface area contributed by atoms with Gasteiger partial charge in [-0.15, -0.1) is 0 Å². The first-order valence-electron chi connectivity index (χ1n) is 6.55. The average molecular weight is 260 g/mol. The van der Waals surface area contributed by atoms with Gasteiger partial charge in [0, 0.05) is 5.92 Å². The van der Waals surface area contributed by atoms with Crippen molar-refractivity contribution in [3.05, 3.63) is 41.0 Å². The highest BCUT2D eigenvalue weighted by Crippen LogP contribution is 2.43. The molecule has 1 aromatic carbocycles. The van der Waals surface area contributed by atoms with Crippen LogP contribution in [0.4, 0.5) is 0 Å². The third-order valence-corrected chi connectivity index (χ3v) is 4.12. The van der Waals surface area contributed by atoms with Crippen LogP contribution in [0.1, 0.15) is 38.2 Å². The number of hydrogen-bond acceptors (Lipinski definition) is 2. The number of allylic oxidation sites excluding steroid dienone is 2. The number of methoxy groups -OCH3 is 1. The van der Waals surface area contributed by atoms with E-state index < -0.39 is 5.97 Å². The minimum absolute atomic E-state index is 0.00245. The summed E-state index contributed by atoms with van der Waals surface area (Å²) in [6.45, 7) is 4.12. The number of carbonyl (C=O) groups is 1. The minimum atomic E-state index is -0.720. The Morgan fingerprint density at radius 3 is 2.47 bits per heavy atom. The number of para-hydroxylation sites is 1. The molecule has 0 amide bonds. The number of aliphatic carboxylic acids is 1. The second kappa shape index (κ2) is 5.47. The maximum atomic E-state index is 11.5. The smallest absolute Gasteiger partial charge is 0.307 e. The van der Waals surface area contributed by atoms with Gasteiger partial charge in [-0.2, -0.15) is 0 Å². The Labute approximate surface area is 113 Å². The first-order valence-corrected chi connectivity index (χ1v) is 6.55. The SMILES string of the molecule is COc1ccccc1C1CC(C)=C(C)CC1C(=O)O. The Balaban J connectivity index is 2.43. The molecule has 1 aromatic rings. The Morgan fingerprint density at radius 2 is 1.84 bits per heavy atom. The van der Waals surface area contributed by atoms with Crippen molar-refractivity contribution >= 4 is 5.97 Å². The fourth-order valence-electron chi connectivity index (χ4n) is 2.85. The zero-order valence-electron chi connectivity index (χ0n) is 11.6. The second-order valence-corrected chi connectivity index (χ2v) is 5.26. The van der Waals surface area contributed by atoms with E-state index in [1.165, 1.54) is 11.1 Å². The van der Waals surface area contributed by atoms with Crippen LogP contribution in [0.3, 0.4) is 0 Å². The lowest BCUT2D eigenvalue weighted by atomic mass is 9.73. The van der Waals surface area contributed by atoms with Crippen LogP contribution in [0.15, 0.2) is 35.4 Å². The molecule has 1 N–H and O–H groups in total. The van der Waals surface area contributed by atoms with Gasteiger partial charge in [0.2, 0.25) is 0 Å². The largest absolute Gasteiger partial charge is 0.496 e. The van der Waals surface area contributed by atoms with Crippen molar-refractivity contribution in [2.45, 2.75) is 32.6 Å². The Hall–Kier alpha value is -1.77. The number of ether oxygens (including phenoxy) is 1. The van der Waals surface area contributed by atoms with Gasteiger partial charge in [0.05, 0.1) is 13.0 Å². The van der Waals surface area contributed by atoms with Gasteiger partial charge >= 0.3 is 5.97 Å². The highest BCUT2D eigenvalue weighted by Gasteiger charge is 2.34. The molecule has 0 bridgehead atoms. The number of carboxylic acid groups (broad SMARTS) is 1. The van der Waals surface area contributed by atoms with Gasteiger partial charge in [0.15, 0.2) is 0 Å². The van der Waals surface area contributed by atoms with Gasteiger partial charge in [-0.3, -0.25) is 4.79 Å².